The Labute approximate surface area is 77.1 Å². The van der Waals surface area contributed by atoms with Gasteiger partial charge in [-0.05, 0) is 19.3 Å². The molecule has 5 heteroatoms. The fraction of sp³-hybridized carbons (Fsp3) is 0.750. The van der Waals surface area contributed by atoms with Crippen molar-refractivity contribution >= 4 is 11.9 Å². The Morgan fingerprint density at radius 1 is 1.46 bits per heavy atom. The zero-order valence-electron chi connectivity index (χ0n) is 7.69. The van der Waals surface area contributed by atoms with Crippen LogP contribution in [0.3, 0.4) is 0 Å². The van der Waals surface area contributed by atoms with E-state index in [9.17, 15) is 4.79 Å². The molecule has 0 bridgehead atoms. The number of nitrogens with two attached hydrogens (primary N) is 2. The van der Waals surface area contributed by atoms with E-state index in [1.165, 1.54) is 7.11 Å². The third-order valence-corrected chi connectivity index (χ3v) is 2.27. The second-order valence-electron chi connectivity index (χ2n) is 3.24. The minimum absolute atomic E-state index is 0.0295. The summed E-state index contributed by atoms with van der Waals surface area (Å²) < 4.78 is 4.64. The SMILES string of the molecule is COC(=O)[C@H]1CC[C@@H](N=C(N)N)C1. The maximum absolute atomic E-state index is 11.1. The Hall–Kier alpha value is -1.26. The molecule has 0 aromatic heterocycles. The van der Waals surface area contributed by atoms with Gasteiger partial charge in [0.25, 0.3) is 0 Å². The molecule has 2 atom stereocenters. The van der Waals surface area contributed by atoms with Gasteiger partial charge in [-0.25, -0.2) is 0 Å². The lowest BCUT2D eigenvalue weighted by molar-refractivity contribution is -0.145. The first kappa shape index (κ1) is 9.83. The number of aliphatic imine (C=N–C) groups is 1. The highest BCUT2D eigenvalue weighted by molar-refractivity contribution is 5.76. The zero-order chi connectivity index (χ0) is 9.84. The van der Waals surface area contributed by atoms with Crippen LogP contribution >= 0.6 is 0 Å². The molecular weight excluding hydrogens is 170 g/mol. The van der Waals surface area contributed by atoms with Crippen molar-refractivity contribution in [3.8, 4) is 0 Å². The second-order valence-corrected chi connectivity index (χ2v) is 3.24. The third-order valence-electron chi connectivity index (χ3n) is 2.27. The Morgan fingerprint density at radius 2 is 2.15 bits per heavy atom. The summed E-state index contributed by atoms with van der Waals surface area (Å²) in [4.78, 5) is 15.1. The van der Waals surface area contributed by atoms with E-state index in [0.29, 0.717) is 6.42 Å². The maximum atomic E-state index is 11.1. The number of carbonyl (C=O) groups is 1. The van der Waals surface area contributed by atoms with E-state index in [4.69, 9.17) is 11.5 Å². The van der Waals surface area contributed by atoms with Crippen molar-refractivity contribution < 1.29 is 9.53 Å². The minimum atomic E-state index is -0.159. The van der Waals surface area contributed by atoms with E-state index in [0.717, 1.165) is 12.8 Å². The van der Waals surface area contributed by atoms with E-state index in [1.807, 2.05) is 0 Å². The summed E-state index contributed by atoms with van der Waals surface area (Å²) in [6, 6.07) is 0.0918. The number of nitrogens with zero attached hydrogens (tertiary/aromatic N) is 1. The quantitative estimate of drug-likeness (QED) is 0.348. The van der Waals surface area contributed by atoms with Crippen molar-refractivity contribution in [2.24, 2.45) is 22.4 Å². The molecule has 0 spiro atoms. The molecule has 0 aliphatic heterocycles. The summed E-state index contributed by atoms with van der Waals surface area (Å²) in [5.74, 6) is -0.0955. The number of ether oxygens (including phenoxy) is 1. The minimum Gasteiger partial charge on any atom is -0.469 e. The van der Waals surface area contributed by atoms with E-state index >= 15 is 0 Å². The molecule has 74 valence electrons. The average Bonchev–Trinajstić information content (AvgIpc) is 2.50. The highest BCUT2D eigenvalue weighted by atomic mass is 16.5. The molecular formula is C8H15N3O2. The summed E-state index contributed by atoms with van der Waals surface area (Å²) in [6.45, 7) is 0. The molecule has 1 aliphatic carbocycles. The lowest BCUT2D eigenvalue weighted by atomic mass is 10.1. The predicted molar refractivity (Wildman–Crippen MR) is 49.0 cm³/mol. The average molecular weight is 185 g/mol. The van der Waals surface area contributed by atoms with Crippen molar-refractivity contribution in [1.82, 2.24) is 0 Å². The van der Waals surface area contributed by atoms with Gasteiger partial charge in [-0.3, -0.25) is 9.79 Å². The first-order chi connectivity index (χ1) is 6.13. The van der Waals surface area contributed by atoms with Gasteiger partial charge in [0, 0.05) is 0 Å². The first-order valence-corrected chi connectivity index (χ1v) is 4.30. The highest BCUT2D eigenvalue weighted by Gasteiger charge is 2.30. The zero-order valence-corrected chi connectivity index (χ0v) is 7.69. The van der Waals surface area contributed by atoms with E-state index < -0.39 is 0 Å². The van der Waals surface area contributed by atoms with E-state index in [1.54, 1.807) is 0 Å². The van der Waals surface area contributed by atoms with Crippen LogP contribution in [0.5, 0.6) is 0 Å². The van der Waals surface area contributed by atoms with Crippen LogP contribution in [-0.2, 0) is 9.53 Å². The maximum Gasteiger partial charge on any atom is 0.308 e. The molecule has 1 saturated carbocycles. The normalized spacial score (nSPS) is 26.8. The van der Waals surface area contributed by atoms with Crippen LogP contribution in [0.15, 0.2) is 4.99 Å². The van der Waals surface area contributed by atoms with Crippen LogP contribution in [0.1, 0.15) is 19.3 Å². The summed E-state index contributed by atoms with van der Waals surface area (Å²) in [5, 5.41) is 0. The van der Waals surface area contributed by atoms with Crippen molar-refractivity contribution in [3.63, 3.8) is 0 Å². The molecule has 1 aliphatic rings. The molecule has 0 heterocycles. The fourth-order valence-electron chi connectivity index (χ4n) is 1.67. The van der Waals surface area contributed by atoms with Crippen molar-refractivity contribution in [2.75, 3.05) is 7.11 Å². The number of rotatable bonds is 2. The molecule has 0 saturated heterocycles. The summed E-state index contributed by atoms with van der Waals surface area (Å²) in [7, 11) is 1.40. The summed E-state index contributed by atoms with van der Waals surface area (Å²) in [5.41, 5.74) is 10.5. The molecule has 0 amide bonds. The van der Waals surface area contributed by atoms with Crippen LogP contribution in [0.25, 0.3) is 0 Å². The third kappa shape index (κ3) is 2.61. The van der Waals surface area contributed by atoms with Crippen molar-refractivity contribution in [2.45, 2.75) is 25.3 Å². The molecule has 1 fully saturated rings. The van der Waals surface area contributed by atoms with Gasteiger partial charge in [-0.15, -0.1) is 0 Å². The number of hydrogen-bond acceptors (Lipinski definition) is 3. The van der Waals surface area contributed by atoms with Gasteiger partial charge in [0.2, 0.25) is 0 Å². The van der Waals surface area contributed by atoms with Gasteiger partial charge in [0.05, 0.1) is 19.1 Å². The van der Waals surface area contributed by atoms with Gasteiger partial charge in [0.1, 0.15) is 0 Å². The van der Waals surface area contributed by atoms with Crippen LogP contribution in [0.2, 0.25) is 0 Å². The lowest BCUT2D eigenvalue weighted by Crippen LogP contribution is -2.25. The first-order valence-electron chi connectivity index (χ1n) is 4.30. The smallest absolute Gasteiger partial charge is 0.308 e. The summed E-state index contributed by atoms with van der Waals surface area (Å²) in [6.07, 6.45) is 2.37. The second kappa shape index (κ2) is 4.11. The highest BCUT2D eigenvalue weighted by Crippen LogP contribution is 2.28. The molecule has 4 N–H and O–H groups in total. The molecule has 0 aromatic carbocycles. The van der Waals surface area contributed by atoms with Crippen molar-refractivity contribution in [1.29, 1.82) is 0 Å². The number of esters is 1. The topological polar surface area (TPSA) is 90.7 Å². The number of guanidine groups is 1. The molecule has 13 heavy (non-hydrogen) atoms. The van der Waals surface area contributed by atoms with E-state index in [2.05, 4.69) is 9.73 Å². The predicted octanol–water partition coefficient (Wildman–Crippen LogP) is -0.398. The van der Waals surface area contributed by atoms with Crippen molar-refractivity contribution in [3.05, 3.63) is 0 Å². The van der Waals surface area contributed by atoms with Gasteiger partial charge in [-0.1, -0.05) is 0 Å². The van der Waals surface area contributed by atoms with Gasteiger partial charge in [-0.2, -0.15) is 0 Å². The Balaban J connectivity index is 2.45. The lowest BCUT2D eigenvalue weighted by Gasteiger charge is -2.05. The molecule has 1 rings (SSSR count). The van der Waals surface area contributed by atoms with Gasteiger partial charge < -0.3 is 16.2 Å². The van der Waals surface area contributed by atoms with Gasteiger partial charge in [0.15, 0.2) is 5.96 Å². The van der Waals surface area contributed by atoms with Gasteiger partial charge >= 0.3 is 5.97 Å². The summed E-state index contributed by atoms with van der Waals surface area (Å²) >= 11 is 0. The number of carbonyl (C=O) groups excluding carboxylic acids is 1. The molecule has 5 nitrogen and oxygen atoms in total. The largest absolute Gasteiger partial charge is 0.469 e. The van der Waals surface area contributed by atoms with Crippen LogP contribution < -0.4 is 11.5 Å². The molecule has 0 unspecified atom stereocenters. The monoisotopic (exact) mass is 185 g/mol. The number of methoxy groups -OCH3 is 1. The Morgan fingerprint density at radius 3 is 2.69 bits per heavy atom. The fourth-order valence-corrected chi connectivity index (χ4v) is 1.67. The van der Waals surface area contributed by atoms with Crippen LogP contribution in [-0.4, -0.2) is 25.1 Å². The molecule has 0 radical (unpaired) electrons. The Bertz CT molecular complexity index is 223. The van der Waals surface area contributed by atoms with Crippen LogP contribution in [0.4, 0.5) is 0 Å². The van der Waals surface area contributed by atoms with E-state index in [-0.39, 0.29) is 23.9 Å². The molecule has 0 aromatic rings. The standard InChI is InChI=1S/C8H15N3O2/c1-13-7(12)5-2-3-6(4-5)11-8(9)10/h5-6H,2-4H2,1H3,(H4,9,10,11)/t5-,6+/m0/s1. The number of hydrogen-bond donors (Lipinski definition) is 2. The van der Waals surface area contributed by atoms with Crippen LogP contribution in [0, 0.1) is 5.92 Å². The Kier molecular flexibility index (Phi) is 3.11.